The molecular weight excluding hydrogens is 378 g/mol. The van der Waals surface area contributed by atoms with Crippen LogP contribution in [0.2, 0.25) is 0 Å². The van der Waals surface area contributed by atoms with E-state index in [1.165, 1.54) is 4.52 Å². The Hall–Kier alpha value is -3.74. The molecular formula is C23H23N5O2. The number of hydrogen-bond donors (Lipinski definition) is 1. The number of anilines is 1. The van der Waals surface area contributed by atoms with Crippen LogP contribution in [-0.2, 0) is 17.8 Å². The van der Waals surface area contributed by atoms with E-state index in [1.54, 1.807) is 0 Å². The molecule has 0 aliphatic rings. The molecule has 0 unspecified atom stereocenters. The highest BCUT2D eigenvalue weighted by molar-refractivity contribution is 5.90. The van der Waals surface area contributed by atoms with Crippen LogP contribution in [0.1, 0.15) is 24.6 Å². The number of rotatable bonds is 6. The predicted molar refractivity (Wildman–Crippen MR) is 116 cm³/mol. The summed E-state index contributed by atoms with van der Waals surface area (Å²) >= 11 is 0. The summed E-state index contributed by atoms with van der Waals surface area (Å²) in [6.07, 6.45) is 0.542. The number of amides is 1. The zero-order valence-corrected chi connectivity index (χ0v) is 17.0. The molecule has 0 aliphatic heterocycles. The fraction of sp³-hybridized carbons (Fsp3) is 0.217. The fourth-order valence-electron chi connectivity index (χ4n) is 3.57. The molecule has 4 aromatic rings. The minimum atomic E-state index is -0.227. The van der Waals surface area contributed by atoms with E-state index in [2.05, 4.69) is 15.4 Å². The largest absolute Gasteiger partial charge is 0.326 e. The van der Waals surface area contributed by atoms with Gasteiger partial charge in [0.2, 0.25) is 11.7 Å². The molecule has 1 amide bonds. The maximum absolute atomic E-state index is 13.1. The summed E-state index contributed by atoms with van der Waals surface area (Å²) in [6.45, 7) is 4.54. The van der Waals surface area contributed by atoms with Crippen LogP contribution in [0.25, 0.3) is 17.2 Å². The highest BCUT2D eigenvalue weighted by Gasteiger charge is 2.18. The van der Waals surface area contributed by atoms with Crippen LogP contribution >= 0.6 is 0 Å². The second-order valence-corrected chi connectivity index (χ2v) is 7.04. The van der Waals surface area contributed by atoms with Gasteiger partial charge in [0.25, 0.3) is 5.56 Å². The molecule has 1 N–H and O–H groups in total. The van der Waals surface area contributed by atoms with Crippen LogP contribution in [0.3, 0.4) is 0 Å². The third kappa shape index (κ3) is 3.74. The van der Waals surface area contributed by atoms with E-state index in [9.17, 15) is 9.59 Å². The van der Waals surface area contributed by atoms with Crippen LogP contribution in [0.15, 0.2) is 65.5 Å². The number of aryl methyl sites for hydroxylation is 1. The molecule has 0 aliphatic carbocycles. The average molecular weight is 401 g/mol. The monoisotopic (exact) mass is 401 g/mol. The summed E-state index contributed by atoms with van der Waals surface area (Å²) in [5.74, 6) is 0.885. The molecule has 0 fully saturated rings. The molecule has 7 nitrogen and oxygen atoms in total. The number of carbonyl (C=O) groups excluding carboxylic acids is 1. The van der Waals surface area contributed by atoms with Gasteiger partial charge in [0.1, 0.15) is 0 Å². The van der Waals surface area contributed by atoms with Crippen molar-refractivity contribution >= 4 is 17.4 Å². The van der Waals surface area contributed by atoms with E-state index in [0.717, 1.165) is 16.9 Å². The summed E-state index contributed by atoms with van der Waals surface area (Å²) in [5, 5.41) is 7.32. The van der Waals surface area contributed by atoms with Crippen LogP contribution in [0, 0.1) is 6.92 Å². The number of fused-ring (bicyclic) bond motifs is 1. The molecule has 2 aromatic carbocycles. The van der Waals surface area contributed by atoms with Crippen LogP contribution in [0.5, 0.6) is 0 Å². The van der Waals surface area contributed by atoms with Crippen molar-refractivity contribution in [3.63, 3.8) is 0 Å². The zero-order valence-electron chi connectivity index (χ0n) is 17.0. The van der Waals surface area contributed by atoms with Crippen molar-refractivity contribution in [3.05, 3.63) is 82.3 Å². The standard InChI is InChI=1S/C23H23N5O2/c1-3-27-16(2)19(14-15-20(29)24-18-12-8-5-9-13-18)22(30)28-23(27)25-21(26-28)17-10-6-4-7-11-17/h4-13H,3,14-15H2,1-2H3,(H,24,29). The van der Waals surface area contributed by atoms with E-state index in [1.807, 2.05) is 79.1 Å². The van der Waals surface area contributed by atoms with E-state index in [-0.39, 0.29) is 17.9 Å². The lowest BCUT2D eigenvalue weighted by Gasteiger charge is -2.13. The number of para-hydroxylation sites is 1. The van der Waals surface area contributed by atoms with Crippen molar-refractivity contribution < 1.29 is 4.79 Å². The van der Waals surface area contributed by atoms with Crippen molar-refractivity contribution in [2.75, 3.05) is 5.32 Å². The Labute approximate surface area is 174 Å². The van der Waals surface area contributed by atoms with Crippen molar-refractivity contribution in [2.24, 2.45) is 0 Å². The Kier molecular flexibility index (Phi) is 5.43. The first kappa shape index (κ1) is 19.6. The van der Waals surface area contributed by atoms with Gasteiger partial charge < -0.3 is 9.88 Å². The van der Waals surface area contributed by atoms with E-state index >= 15 is 0 Å². The van der Waals surface area contributed by atoms with Gasteiger partial charge in [-0.15, -0.1) is 5.10 Å². The summed E-state index contributed by atoms with van der Waals surface area (Å²) in [5.41, 5.74) is 2.76. The molecule has 7 heteroatoms. The minimum absolute atomic E-state index is 0.133. The molecule has 0 bridgehead atoms. The smallest absolute Gasteiger partial charge is 0.279 e. The Morgan fingerprint density at radius 3 is 2.37 bits per heavy atom. The normalized spacial score (nSPS) is 11.0. The van der Waals surface area contributed by atoms with E-state index < -0.39 is 0 Å². The van der Waals surface area contributed by atoms with E-state index in [4.69, 9.17) is 0 Å². The number of carbonyl (C=O) groups is 1. The number of hydrogen-bond acceptors (Lipinski definition) is 4. The predicted octanol–water partition coefficient (Wildman–Crippen LogP) is 3.46. The zero-order chi connectivity index (χ0) is 21.1. The van der Waals surface area contributed by atoms with Crippen molar-refractivity contribution in [2.45, 2.75) is 33.2 Å². The van der Waals surface area contributed by atoms with Crippen molar-refractivity contribution in [3.8, 4) is 11.4 Å². The maximum atomic E-state index is 13.1. The Morgan fingerprint density at radius 2 is 1.70 bits per heavy atom. The van der Waals surface area contributed by atoms with Crippen LogP contribution in [-0.4, -0.2) is 25.1 Å². The van der Waals surface area contributed by atoms with Gasteiger partial charge in [-0.25, -0.2) is 0 Å². The lowest BCUT2D eigenvalue weighted by molar-refractivity contribution is -0.116. The number of aromatic nitrogens is 4. The Balaban J connectivity index is 1.66. The second-order valence-electron chi connectivity index (χ2n) is 7.04. The fourth-order valence-corrected chi connectivity index (χ4v) is 3.57. The molecule has 0 radical (unpaired) electrons. The lowest BCUT2D eigenvalue weighted by Crippen LogP contribution is -2.27. The SMILES string of the molecule is CCn1c(C)c(CCC(=O)Nc2ccccc2)c(=O)n2nc(-c3ccccc3)nc12. The van der Waals surface area contributed by atoms with Crippen LogP contribution < -0.4 is 10.9 Å². The highest BCUT2D eigenvalue weighted by Crippen LogP contribution is 2.17. The molecule has 30 heavy (non-hydrogen) atoms. The summed E-state index contributed by atoms with van der Waals surface area (Å²) < 4.78 is 3.31. The van der Waals surface area contributed by atoms with Gasteiger partial charge in [-0.3, -0.25) is 9.59 Å². The quantitative estimate of drug-likeness (QED) is 0.536. The minimum Gasteiger partial charge on any atom is -0.326 e. The second kappa shape index (κ2) is 8.32. The molecule has 0 saturated heterocycles. The third-order valence-corrected chi connectivity index (χ3v) is 5.13. The topological polar surface area (TPSA) is 81.3 Å². The van der Waals surface area contributed by atoms with Gasteiger partial charge in [-0.1, -0.05) is 48.5 Å². The summed E-state index contributed by atoms with van der Waals surface area (Å²) in [6, 6.07) is 18.9. The molecule has 0 spiro atoms. The van der Waals surface area contributed by atoms with Gasteiger partial charge in [0, 0.05) is 35.5 Å². The molecule has 0 atom stereocenters. The van der Waals surface area contributed by atoms with E-state index in [0.29, 0.717) is 30.1 Å². The van der Waals surface area contributed by atoms with Gasteiger partial charge in [-0.05, 0) is 32.4 Å². The Bertz CT molecular complexity index is 1240. The molecule has 2 heterocycles. The number of nitrogens with one attached hydrogen (secondary N) is 1. The summed E-state index contributed by atoms with van der Waals surface area (Å²) in [4.78, 5) is 30.1. The van der Waals surface area contributed by atoms with Gasteiger partial charge in [-0.2, -0.15) is 9.50 Å². The lowest BCUT2D eigenvalue weighted by atomic mass is 10.1. The van der Waals surface area contributed by atoms with Crippen molar-refractivity contribution in [1.82, 2.24) is 19.2 Å². The van der Waals surface area contributed by atoms with Crippen LogP contribution in [0.4, 0.5) is 5.69 Å². The average Bonchev–Trinajstić information content (AvgIpc) is 3.21. The maximum Gasteiger partial charge on any atom is 0.279 e. The van der Waals surface area contributed by atoms with Crippen molar-refractivity contribution in [1.29, 1.82) is 0 Å². The molecule has 2 aromatic heterocycles. The number of nitrogens with zero attached hydrogens (tertiary/aromatic N) is 4. The molecule has 152 valence electrons. The molecule has 4 rings (SSSR count). The number of benzene rings is 2. The Morgan fingerprint density at radius 1 is 1.03 bits per heavy atom. The third-order valence-electron chi connectivity index (χ3n) is 5.13. The first-order valence-corrected chi connectivity index (χ1v) is 9.98. The van der Waals surface area contributed by atoms with Gasteiger partial charge in [0.05, 0.1) is 0 Å². The highest BCUT2D eigenvalue weighted by atomic mass is 16.1. The first-order chi connectivity index (χ1) is 14.6. The van der Waals surface area contributed by atoms with Gasteiger partial charge >= 0.3 is 0 Å². The first-order valence-electron chi connectivity index (χ1n) is 9.98. The summed E-state index contributed by atoms with van der Waals surface area (Å²) in [7, 11) is 0. The molecule has 0 saturated carbocycles. The van der Waals surface area contributed by atoms with Gasteiger partial charge in [0.15, 0.2) is 5.82 Å².